The highest BCUT2D eigenvalue weighted by molar-refractivity contribution is 5.91. The van der Waals surface area contributed by atoms with Crippen molar-refractivity contribution < 1.29 is 9.21 Å². The van der Waals surface area contributed by atoms with E-state index in [1.165, 1.54) is 12.6 Å². The van der Waals surface area contributed by atoms with E-state index in [2.05, 4.69) is 19.9 Å². The second-order valence-electron chi connectivity index (χ2n) is 5.54. The number of carbonyl (C=O) groups is 1. The van der Waals surface area contributed by atoms with E-state index in [-0.39, 0.29) is 5.91 Å². The van der Waals surface area contributed by atoms with E-state index in [4.69, 9.17) is 4.42 Å². The zero-order valence-electron chi connectivity index (χ0n) is 12.9. The molecule has 0 bridgehead atoms. The Kier molecular flexibility index (Phi) is 3.74. The Morgan fingerprint density at radius 2 is 1.92 bits per heavy atom. The van der Waals surface area contributed by atoms with Crippen LogP contribution in [0.2, 0.25) is 0 Å². The number of aromatic nitrogens is 4. The van der Waals surface area contributed by atoms with Crippen LogP contribution in [0.4, 0.5) is 0 Å². The van der Waals surface area contributed by atoms with Crippen LogP contribution in [0.5, 0.6) is 0 Å². The lowest BCUT2D eigenvalue weighted by atomic mass is 10.0. The summed E-state index contributed by atoms with van der Waals surface area (Å²) in [5, 5.41) is 0. The maximum absolute atomic E-state index is 12.5. The molecular weight excluding hydrogens is 306 g/mol. The van der Waals surface area contributed by atoms with Gasteiger partial charge in [0.25, 0.3) is 5.91 Å². The van der Waals surface area contributed by atoms with Crippen LogP contribution >= 0.6 is 0 Å². The first kappa shape index (κ1) is 14.5. The van der Waals surface area contributed by atoms with Gasteiger partial charge in [-0.05, 0) is 18.6 Å². The Bertz CT molecular complexity index is 849. The SMILES string of the molecule is O=C(c1ccco1)N1CCc2ncnc(-c3cncnc3)c2CC1. The molecule has 120 valence electrons. The Balaban J connectivity index is 1.63. The molecule has 0 aromatic carbocycles. The molecule has 3 aromatic heterocycles. The molecule has 4 rings (SSSR count). The van der Waals surface area contributed by atoms with Gasteiger partial charge in [-0.3, -0.25) is 4.79 Å². The number of amides is 1. The van der Waals surface area contributed by atoms with Gasteiger partial charge in [0.1, 0.15) is 12.7 Å². The molecule has 0 fully saturated rings. The van der Waals surface area contributed by atoms with Crippen LogP contribution in [0.3, 0.4) is 0 Å². The normalized spacial score (nSPS) is 14.1. The molecule has 0 radical (unpaired) electrons. The van der Waals surface area contributed by atoms with Crippen molar-refractivity contribution in [3.63, 3.8) is 0 Å². The Labute approximate surface area is 138 Å². The molecule has 1 aliphatic rings. The number of hydrogen-bond acceptors (Lipinski definition) is 6. The van der Waals surface area contributed by atoms with Crippen molar-refractivity contribution in [2.24, 2.45) is 0 Å². The molecule has 0 saturated carbocycles. The molecule has 0 atom stereocenters. The molecule has 0 N–H and O–H groups in total. The summed E-state index contributed by atoms with van der Waals surface area (Å²) in [5.74, 6) is 0.272. The monoisotopic (exact) mass is 321 g/mol. The third-order valence-electron chi connectivity index (χ3n) is 4.14. The van der Waals surface area contributed by atoms with E-state index in [0.29, 0.717) is 31.7 Å². The van der Waals surface area contributed by atoms with Gasteiger partial charge in [-0.25, -0.2) is 19.9 Å². The molecule has 0 spiro atoms. The minimum absolute atomic E-state index is 0.0923. The fourth-order valence-corrected chi connectivity index (χ4v) is 2.96. The van der Waals surface area contributed by atoms with Crippen molar-refractivity contribution in [2.45, 2.75) is 12.8 Å². The summed E-state index contributed by atoms with van der Waals surface area (Å²) >= 11 is 0. The Hall–Kier alpha value is -3.09. The zero-order valence-corrected chi connectivity index (χ0v) is 12.9. The number of nitrogens with zero attached hydrogens (tertiary/aromatic N) is 5. The fourth-order valence-electron chi connectivity index (χ4n) is 2.96. The molecule has 24 heavy (non-hydrogen) atoms. The number of rotatable bonds is 2. The lowest BCUT2D eigenvalue weighted by Crippen LogP contribution is -2.33. The van der Waals surface area contributed by atoms with Gasteiger partial charge >= 0.3 is 0 Å². The molecule has 1 aliphatic heterocycles. The molecule has 1 amide bonds. The highest BCUT2D eigenvalue weighted by Gasteiger charge is 2.24. The van der Waals surface area contributed by atoms with Gasteiger partial charge in [-0.2, -0.15) is 0 Å². The van der Waals surface area contributed by atoms with Gasteiger partial charge < -0.3 is 9.32 Å². The standard InChI is InChI=1S/C17H15N5O2/c23-17(15-2-1-7-24-15)22-5-3-13-14(4-6-22)20-11-21-16(13)12-8-18-10-19-9-12/h1-2,7-11H,3-6H2. The van der Waals surface area contributed by atoms with Gasteiger partial charge in [0.15, 0.2) is 5.76 Å². The average molecular weight is 321 g/mol. The van der Waals surface area contributed by atoms with E-state index >= 15 is 0 Å². The van der Waals surface area contributed by atoms with Crippen LogP contribution in [0, 0.1) is 0 Å². The summed E-state index contributed by atoms with van der Waals surface area (Å²) in [7, 11) is 0. The van der Waals surface area contributed by atoms with Crippen LogP contribution in [-0.4, -0.2) is 43.8 Å². The molecule has 3 aromatic rings. The molecule has 7 nitrogen and oxygen atoms in total. The minimum atomic E-state index is -0.0923. The quantitative estimate of drug-likeness (QED) is 0.715. The van der Waals surface area contributed by atoms with Crippen LogP contribution in [0.25, 0.3) is 11.3 Å². The smallest absolute Gasteiger partial charge is 0.289 e. The first-order valence-corrected chi connectivity index (χ1v) is 7.74. The van der Waals surface area contributed by atoms with E-state index < -0.39 is 0 Å². The summed E-state index contributed by atoms with van der Waals surface area (Å²) in [6.45, 7) is 1.20. The first-order chi connectivity index (χ1) is 11.8. The van der Waals surface area contributed by atoms with Gasteiger partial charge in [0, 0.05) is 48.7 Å². The fraction of sp³-hybridized carbons (Fsp3) is 0.235. The van der Waals surface area contributed by atoms with Crippen LogP contribution < -0.4 is 0 Å². The first-order valence-electron chi connectivity index (χ1n) is 7.74. The largest absolute Gasteiger partial charge is 0.459 e. The number of carbonyl (C=O) groups excluding carboxylic acids is 1. The van der Waals surface area contributed by atoms with Gasteiger partial charge in [0.2, 0.25) is 0 Å². The molecule has 0 unspecified atom stereocenters. The summed E-state index contributed by atoms with van der Waals surface area (Å²) in [4.78, 5) is 31.2. The Morgan fingerprint density at radius 3 is 2.71 bits per heavy atom. The van der Waals surface area contributed by atoms with Crippen molar-refractivity contribution in [3.05, 3.63) is 60.5 Å². The number of fused-ring (bicyclic) bond motifs is 1. The van der Waals surface area contributed by atoms with E-state index in [9.17, 15) is 4.79 Å². The summed E-state index contributed by atoms with van der Waals surface area (Å²) in [6.07, 6.45) is 9.42. The predicted molar refractivity (Wildman–Crippen MR) is 85.1 cm³/mol. The van der Waals surface area contributed by atoms with Gasteiger partial charge in [0.05, 0.1) is 12.0 Å². The van der Waals surface area contributed by atoms with Crippen molar-refractivity contribution in [3.8, 4) is 11.3 Å². The zero-order chi connectivity index (χ0) is 16.4. The third kappa shape index (κ3) is 2.64. The topological polar surface area (TPSA) is 85.0 Å². The highest BCUT2D eigenvalue weighted by atomic mass is 16.3. The van der Waals surface area contributed by atoms with Crippen molar-refractivity contribution in [1.29, 1.82) is 0 Å². The minimum Gasteiger partial charge on any atom is -0.459 e. The van der Waals surface area contributed by atoms with Crippen molar-refractivity contribution >= 4 is 5.91 Å². The molecule has 7 heteroatoms. The van der Waals surface area contributed by atoms with E-state index in [1.54, 1.807) is 35.8 Å². The number of furan rings is 1. The third-order valence-corrected chi connectivity index (χ3v) is 4.14. The van der Waals surface area contributed by atoms with Crippen LogP contribution in [0.15, 0.2) is 47.9 Å². The predicted octanol–water partition coefficient (Wildman–Crippen LogP) is 1.77. The second-order valence-corrected chi connectivity index (χ2v) is 5.54. The summed E-state index contributed by atoms with van der Waals surface area (Å²) in [6, 6.07) is 3.41. The summed E-state index contributed by atoms with van der Waals surface area (Å²) < 4.78 is 5.22. The van der Waals surface area contributed by atoms with Gasteiger partial charge in [-0.15, -0.1) is 0 Å². The number of hydrogen-bond donors (Lipinski definition) is 0. The van der Waals surface area contributed by atoms with Crippen molar-refractivity contribution in [1.82, 2.24) is 24.8 Å². The van der Waals surface area contributed by atoms with Gasteiger partial charge in [-0.1, -0.05) is 0 Å². The lowest BCUT2D eigenvalue weighted by Gasteiger charge is -2.18. The van der Waals surface area contributed by atoms with Crippen LogP contribution in [0.1, 0.15) is 21.8 Å². The molecule has 0 saturated heterocycles. The maximum Gasteiger partial charge on any atom is 0.289 e. The average Bonchev–Trinajstić information content (AvgIpc) is 3.08. The molecular formula is C17H15N5O2. The summed E-state index contributed by atoms with van der Waals surface area (Å²) in [5.41, 5.74) is 3.73. The molecule has 4 heterocycles. The van der Waals surface area contributed by atoms with Crippen LogP contribution in [-0.2, 0) is 12.8 Å². The van der Waals surface area contributed by atoms with E-state index in [1.807, 2.05) is 0 Å². The molecule has 0 aliphatic carbocycles. The highest BCUT2D eigenvalue weighted by Crippen LogP contribution is 2.25. The second kappa shape index (κ2) is 6.19. The van der Waals surface area contributed by atoms with E-state index in [0.717, 1.165) is 22.5 Å². The Morgan fingerprint density at radius 1 is 1.08 bits per heavy atom. The lowest BCUT2D eigenvalue weighted by molar-refractivity contribution is 0.0731. The maximum atomic E-state index is 12.5. The van der Waals surface area contributed by atoms with Crippen molar-refractivity contribution in [2.75, 3.05) is 13.1 Å².